The van der Waals surface area contributed by atoms with Crippen molar-refractivity contribution in [2.45, 2.75) is 55.6 Å². The van der Waals surface area contributed by atoms with E-state index < -0.39 is 12.2 Å². The van der Waals surface area contributed by atoms with Gasteiger partial charge < -0.3 is 5.32 Å². The van der Waals surface area contributed by atoms with Gasteiger partial charge >= 0.3 is 6.18 Å². The Kier molecular flexibility index (Phi) is 5.93. The van der Waals surface area contributed by atoms with Crippen LogP contribution in [0.5, 0.6) is 0 Å². The maximum Gasteiger partial charge on any atom is 0.404 e. The molecule has 2 rings (SSSR count). The van der Waals surface area contributed by atoms with E-state index in [2.05, 4.69) is 10.3 Å². The molecule has 2 nitrogen and oxygen atoms in total. The van der Waals surface area contributed by atoms with Crippen LogP contribution in [-0.4, -0.2) is 34.7 Å². The Morgan fingerprint density at radius 3 is 2.67 bits per heavy atom. The average Bonchev–Trinajstić information content (AvgIpc) is 2.47. The Morgan fingerprint density at radius 1 is 1.33 bits per heavy atom. The second kappa shape index (κ2) is 7.49. The zero-order valence-corrected chi connectivity index (χ0v) is 12.9. The maximum absolute atomic E-state index is 13.3. The van der Waals surface area contributed by atoms with Crippen LogP contribution >= 0.6 is 11.8 Å². The van der Waals surface area contributed by atoms with Crippen molar-refractivity contribution >= 4 is 11.8 Å². The minimum absolute atomic E-state index is 0.0353. The van der Waals surface area contributed by atoms with Crippen molar-refractivity contribution in [1.82, 2.24) is 10.3 Å². The fourth-order valence-corrected chi connectivity index (χ4v) is 3.65. The summed E-state index contributed by atoms with van der Waals surface area (Å²) in [5.74, 6) is 0. The molecule has 1 aliphatic rings. The molecular weight excluding hydrogens is 297 g/mol. The second-order valence-electron chi connectivity index (χ2n) is 5.54. The fourth-order valence-electron chi connectivity index (χ4n) is 2.82. The molecule has 6 heteroatoms. The Morgan fingerprint density at radius 2 is 2.05 bits per heavy atom. The quantitative estimate of drug-likeness (QED) is 0.893. The van der Waals surface area contributed by atoms with Crippen molar-refractivity contribution in [3.05, 3.63) is 30.1 Å². The van der Waals surface area contributed by atoms with Gasteiger partial charge in [0, 0.05) is 23.7 Å². The topological polar surface area (TPSA) is 24.9 Å². The molecule has 118 valence electrons. The van der Waals surface area contributed by atoms with Crippen LogP contribution in [0.4, 0.5) is 13.2 Å². The zero-order valence-electron chi connectivity index (χ0n) is 12.1. The lowest BCUT2D eigenvalue weighted by Gasteiger charge is -2.33. The molecule has 0 unspecified atom stereocenters. The van der Waals surface area contributed by atoms with Gasteiger partial charge in [0.05, 0.1) is 0 Å². The van der Waals surface area contributed by atoms with E-state index in [0.29, 0.717) is 10.8 Å². The van der Waals surface area contributed by atoms with Crippen molar-refractivity contribution in [3.8, 4) is 0 Å². The van der Waals surface area contributed by atoms with Gasteiger partial charge in [-0.25, -0.2) is 0 Å². The van der Waals surface area contributed by atoms with E-state index in [0.717, 1.165) is 25.7 Å². The second-order valence-corrected chi connectivity index (χ2v) is 6.68. The number of nitrogens with one attached hydrogen (secondary N) is 1. The van der Waals surface area contributed by atoms with Crippen molar-refractivity contribution in [1.29, 1.82) is 0 Å². The van der Waals surface area contributed by atoms with Gasteiger partial charge in [-0.1, -0.05) is 6.42 Å². The van der Waals surface area contributed by atoms with Gasteiger partial charge in [-0.15, -0.1) is 0 Å². The van der Waals surface area contributed by atoms with E-state index in [1.54, 1.807) is 23.9 Å². The van der Waals surface area contributed by atoms with E-state index in [1.165, 1.54) is 12.4 Å². The standard InChI is InChI=1S/C15H21F3N2S/c1-21-13-4-2-3-12(10-13)20-14(15(16,17)18)9-11-5-7-19-8-6-11/h5-8,12-14,20H,2-4,9-10H2,1H3/t12-,13-,14+/m1/s1. The van der Waals surface area contributed by atoms with Gasteiger partial charge in [0.25, 0.3) is 0 Å². The molecule has 1 saturated carbocycles. The SMILES string of the molecule is CS[C@@H]1CCC[C@@H](N[C@@H](Cc2ccncc2)C(F)(F)F)C1. The first kappa shape index (κ1) is 16.6. The highest BCUT2D eigenvalue weighted by molar-refractivity contribution is 7.99. The number of rotatable bonds is 5. The molecule has 1 heterocycles. The predicted octanol–water partition coefficient (Wildman–Crippen LogP) is 3.82. The highest BCUT2D eigenvalue weighted by Gasteiger charge is 2.41. The van der Waals surface area contributed by atoms with Crippen molar-refractivity contribution < 1.29 is 13.2 Å². The molecule has 1 N–H and O–H groups in total. The van der Waals surface area contributed by atoms with Crippen molar-refractivity contribution in [2.75, 3.05) is 6.26 Å². The number of pyridine rings is 1. The van der Waals surface area contributed by atoms with Crippen molar-refractivity contribution in [3.63, 3.8) is 0 Å². The average molecular weight is 318 g/mol. The van der Waals surface area contributed by atoms with Crippen LogP contribution in [0, 0.1) is 0 Å². The summed E-state index contributed by atoms with van der Waals surface area (Å²) >= 11 is 1.76. The lowest BCUT2D eigenvalue weighted by Crippen LogP contribution is -2.50. The number of thioether (sulfide) groups is 1. The lowest BCUT2D eigenvalue weighted by molar-refractivity contribution is -0.157. The fraction of sp³-hybridized carbons (Fsp3) is 0.667. The molecule has 0 radical (unpaired) electrons. The molecule has 0 aromatic carbocycles. The Bertz CT molecular complexity index is 425. The normalized spacial score (nSPS) is 24.8. The van der Waals surface area contributed by atoms with E-state index in [4.69, 9.17) is 0 Å². The first-order chi connectivity index (χ1) is 9.99. The summed E-state index contributed by atoms with van der Waals surface area (Å²) in [5.41, 5.74) is 0.664. The molecule has 1 aliphatic carbocycles. The smallest absolute Gasteiger partial charge is 0.303 e. The monoisotopic (exact) mass is 318 g/mol. The summed E-state index contributed by atoms with van der Waals surface area (Å²) in [6.45, 7) is 0. The number of alkyl halides is 3. The number of hydrogen-bond donors (Lipinski definition) is 1. The van der Waals surface area contributed by atoms with Gasteiger partial charge in [0.15, 0.2) is 0 Å². The Labute approximate surface area is 127 Å². The van der Waals surface area contributed by atoms with Gasteiger partial charge in [-0.2, -0.15) is 24.9 Å². The minimum Gasteiger partial charge on any atom is -0.303 e. The third kappa shape index (κ3) is 5.18. The predicted molar refractivity (Wildman–Crippen MR) is 80.5 cm³/mol. The molecule has 0 spiro atoms. The molecule has 0 saturated heterocycles. The van der Waals surface area contributed by atoms with Gasteiger partial charge in [0.1, 0.15) is 6.04 Å². The number of halogens is 3. The van der Waals surface area contributed by atoms with Crippen LogP contribution in [-0.2, 0) is 6.42 Å². The van der Waals surface area contributed by atoms with Crippen LogP contribution < -0.4 is 5.32 Å². The van der Waals surface area contributed by atoms with E-state index in [1.807, 2.05) is 6.26 Å². The van der Waals surface area contributed by atoms with Gasteiger partial charge in [-0.3, -0.25) is 4.98 Å². The van der Waals surface area contributed by atoms with Gasteiger partial charge in [-0.05, 0) is 49.6 Å². The molecule has 21 heavy (non-hydrogen) atoms. The maximum atomic E-state index is 13.3. The molecule has 0 bridgehead atoms. The van der Waals surface area contributed by atoms with Crippen LogP contribution in [0.25, 0.3) is 0 Å². The molecule has 3 atom stereocenters. The van der Waals surface area contributed by atoms with Crippen molar-refractivity contribution in [2.24, 2.45) is 0 Å². The minimum atomic E-state index is -4.23. The molecular formula is C15H21F3N2S. The largest absolute Gasteiger partial charge is 0.404 e. The van der Waals surface area contributed by atoms with Crippen LogP contribution in [0.15, 0.2) is 24.5 Å². The van der Waals surface area contributed by atoms with Crippen LogP contribution in [0.3, 0.4) is 0 Å². The third-order valence-corrected chi connectivity index (χ3v) is 5.08. The summed E-state index contributed by atoms with van der Waals surface area (Å²) < 4.78 is 39.8. The summed E-state index contributed by atoms with van der Waals surface area (Å²) in [7, 11) is 0. The first-order valence-corrected chi connectivity index (χ1v) is 8.52. The highest BCUT2D eigenvalue weighted by atomic mass is 32.2. The third-order valence-electron chi connectivity index (χ3n) is 3.98. The first-order valence-electron chi connectivity index (χ1n) is 7.23. The van der Waals surface area contributed by atoms with E-state index in [-0.39, 0.29) is 12.5 Å². The molecule has 0 amide bonds. The lowest BCUT2D eigenvalue weighted by atomic mass is 9.93. The van der Waals surface area contributed by atoms with E-state index in [9.17, 15) is 13.2 Å². The highest BCUT2D eigenvalue weighted by Crippen LogP contribution is 2.30. The van der Waals surface area contributed by atoms with Crippen LogP contribution in [0.2, 0.25) is 0 Å². The molecule has 1 fully saturated rings. The molecule has 0 aliphatic heterocycles. The number of nitrogens with zero attached hydrogens (tertiary/aromatic N) is 1. The summed E-state index contributed by atoms with van der Waals surface area (Å²) in [5, 5.41) is 3.33. The number of aromatic nitrogens is 1. The number of hydrogen-bond acceptors (Lipinski definition) is 3. The van der Waals surface area contributed by atoms with Crippen LogP contribution in [0.1, 0.15) is 31.2 Å². The Balaban J connectivity index is 2.00. The molecule has 1 aromatic heterocycles. The summed E-state index contributed by atoms with van der Waals surface area (Å²) in [6, 6.07) is 1.77. The van der Waals surface area contributed by atoms with Gasteiger partial charge in [0.2, 0.25) is 0 Å². The van der Waals surface area contributed by atoms with E-state index >= 15 is 0 Å². The summed E-state index contributed by atoms with van der Waals surface area (Å²) in [6.07, 6.45) is 4.61. The zero-order chi connectivity index (χ0) is 15.3. The summed E-state index contributed by atoms with van der Waals surface area (Å²) in [4.78, 5) is 3.85. The Hall–Kier alpha value is -0.750. The molecule has 1 aromatic rings.